The predicted octanol–water partition coefficient (Wildman–Crippen LogP) is 7.07. The molecule has 7 rings (SSSR count). The van der Waals surface area contributed by atoms with E-state index in [1.807, 2.05) is 31.2 Å². The van der Waals surface area contributed by atoms with Crippen LogP contribution in [0.4, 0.5) is 0 Å². The molecule has 0 fully saturated rings. The normalized spacial score (nSPS) is 10.6. The zero-order valence-corrected chi connectivity index (χ0v) is 32.1. The summed E-state index contributed by atoms with van der Waals surface area (Å²) in [5.74, 6) is 0.154. The van der Waals surface area contributed by atoms with E-state index in [0.29, 0.717) is 33.3 Å². The third kappa shape index (κ3) is 7.67. The molecule has 0 atom stereocenters. The summed E-state index contributed by atoms with van der Waals surface area (Å²) in [7, 11) is 0. The fraction of sp³-hybridized carbons (Fsp3) is 0.0909. The summed E-state index contributed by atoms with van der Waals surface area (Å²) in [6.45, 7) is 2.37. The van der Waals surface area contributed by atoms with Gasteiger partial charge in [0, 0.05) is 33.1 Å². The molecule has 2 aliphatic carbocycles. The highest BCUT2D eigenvalue weighted by atomic mass is 35.6. The molecule has 11 nitrogen and oxygen atoms in total. The molecule has 0 unspecified atom stereocenters. The number of nitrogens with zero attached hydrogens (tertiary/aromatic N) is 6. The number of halogens is 3. The largest absolute Gasteiger partial charge is 0.469 e. The van der Waals surface area contributed by atoms with E-state index < -0.39 is 3.79 Å². The Balaban J connectivity index is 0.000000156. The standard InChI is InChI=1S/2C14H4N2O2S2.C5H5Cl3N2OS/c2*15-5-9-10(6-16)20-14-12(18)8-4-2-1-3-7(8)11(17)13(14)19-9;1-2-11-4-9-3(10-12-4)5(6,7)8/h2*1-4H;2H2,1H3. The molecule has 3 heterocycles. The van der Waals surface area contributed by atoms with Gasteiger partial charge in [0.15, 0.2) is 5.82 Å². The van der Waals surface area contributed by atoms with Crippen molar-refractivity contribution >= 4 is 113 Å². The lowest BCUT2D eigenvalue weighted by molar-refractivity contribution is 0.337. The highest BCUT2D eigenvalue weighted by Gasteiger charge is 2.28. The van der Waals surface area contributed by atoms with Gasteiger partial charge in [0.2, 0.25) is 21.7 Å². The summed E-state index contributed by atoms with van der Waals surface area (Å²) >= 11 is 21.3. The summed E-state index contributed by atoms with van der Waals surface area (Å²) < 4.78 is 8.28. The van der Waals surface area contributed by atoms with Gasteiger partial charge in [-0.15, -0.1) is 45.3 Å². The maximum absolute atomic E-state index is 12.4. The summed E-state index contributed by atoms with van der Waals surface area (Å²) in [6, 6.07) is 20.8. The minimum Gasteiger partial charge on any atom is -0.469 e. The van der Waals surface area contributed by atoms with E-state index in [4.69, 9.17) is 60.6 Å². The first-order valence-corrected chi connectivity index (χ1v) is 19.2. The van der Waals surface area contributed by atoms with Crippen molar-refractivity contribution in [2.24, 2.45) is 0 Å². The fourth-order valence-electron chi connectivity index (χ4n) is 4.43. The maximum atomic E-state index is 12.4. The number of alkyl halides is 3. The van der Waals surface area contributed by atoms with Crippen LogP contribution in [0.2, 0.25) is 0 Å². The molecule has 0 radical (unpaired) electrons. The lowest BCUT2D eigenvalue weighted by Crippen LogP contribution is -2.13. The van der Waals surface area contributed by atoms with Gasteiger partial charge in [-0.1, -0.05) is 83.3 Å². The van der Waals surface area contributed by atoms with Crippen LogP contribution in [0.1, 0.15) is 32.3 Å². The maximum Gasteiger partial charge on any atom is 0.293 e. The Morgan fingerprint density at radius 2 is 0.923 bits per heavy atom. The minimum absolute atomic E-state index is 0.154. The lowest BCUT2D eigenvalue weighted by Gasteiger charge is -2.02. The third-order valence-corrected chi connectivity index (χ3v) is 12.7. The summed E-state index contributed by atoms with van der Waals surface area (Å²) in [5, 5.41) is 37.9. The van der Waals surface area contributed by atoms with Crippen molar-refractivity contribution < 1.29 is 4.74 Å². The Labute approximate surface area is 325 Å². The van der Waals surface area contributed by atoms with E-state index in [-0.39, 0.29) is 65.2 Å². The van der Waals surface area contributed by atoms with Crippen molar-refractivity contribution in [1.82, 2.24) is 9.36 Å². The van der Waals surface area contributed by atoms with Gasteiger partial charge < -0.3 is 4.74 Å². The third-order valence-electron chi connectivity index (χ3n) is 6.63. The van der Waals surface area contributed by atoms with E-state index in [2.05, 4.69) is 9.36 Å². The van der Waals surface area contributed by atoms with Crippen molar-refractivity contribution in [2.45, 2.75) is 10.7 Å². The molecule has 3 aromatic rings. The summed E-state index contributed by atoms with van der Waals surface area (Å²) in [5.41, 5.74) is -1.07. The first-order chi connectivity index (χ1) is 24.9. The molecular weight excluding hydrogens is 827 g/mol. The van der Waals surface area contributed by atoms with E-state index in [1.165, 1.54) is 0 Å². The van der Waals surface area contributed by atoms with Crippen LogP contribution < -0.4 is 26.5 Å². The van der Waals surface area contributed by atoms with Gasteiger partial charge in [0.05, 0.1) is 24.7 Å². The number of aromatic nitrogens is 2. The molecule has 0 N–H and O–H groups in total. The Kier molecular flexibility index (Phi) is 12.0. The van der Waals surface area contributed by atoms with Crippen LogP contribution in [0.3, 0.4) is 0 Å². The van der Waals surface area contributed by atoms with Crippen molar-refractivity contribution in [2.75, 3.05) is 6.61 Å². The lowest BCUT2D eigenvalue weighted by atomic mass is 10.1. The van der Waals surface area contributed by atoms with Gasteiger partial charge in [-0.05, 0) is 6.92 Å². The average molecular weight is 840 g/mol. The van der Waals surface area contributed by atoms with Gasteiger partial charge in [0.25, 0.3) is 8.99 Å². The van der Waals surface area contributed by atoms with Gasteiger partial charge >= 0.3 is 0 Å². The fourth-order valence-corrected chi connectivity index (χ4v) is 9.57. The SMILES string of the molecule is CCOc1nc(C(Cl)(Cl)Cl)ns1.N#Cc1sc2c(=O)c3ccccc3c(=O)c=2sc1C#N.N#Cc1sc2c(=O)c3ccccc3c(=O)c=2sc1C#N. The van der Waals surface area contributed by atoms with Crippen LogP contribution in [-0.2, 0) is 3.79 Å². The molecule has 19 heteroatoms. The number of hydrogen-bond acceptors (Lipinski definition) is 16. The van der Waals surface area contributed by atoms with Crippen LogP contribution in [-0.4, -0.2) is 16.0 Å². The molecule has 256 valence electrons. The first-order valence-electron chi connectivity index (χ1n) is 14.1. The topological polar surface area (TPSA) is 198 Å². The highest BCUT2D eigenvalue weighted by Crippen LogP contribution is 2.37. The number of ether oxygens (including phenoxy) is 1. The zero-order chi connectivity index (χ0) is 37.7. The molecule has 4 aliphatic rings. The van der Waals surface area contributed by atoms with Gasteiger partial charge in [-0.25, -0.2) is 0 Å². The quantitative estimate of drug-likeness (QED) is 0.161. The van der Waals surface area contributed by atoms with Gasteiger partial charge in [-0.3, -0.25) is 19.2 Å². The second kappa shape index (κ2) is 16.2. The molecule has 0 bridgehead atoms. The molecular formula is C33H13Cl3N6O5S5. The Hall–Kier alpha value is -4.85. The number of rotatable bonds is 2. The average Bonchev–Trinajstić information content (AvgIpc) is 3.65. The number of hydrogen-bond donors (Lipinski definition) is 0. The van der Waals surface area contributed by atoms with Crippen LogP contribution in [0.5, 0.6) is 5.19 Å². The molecule has 2 aromatic carbocycles. The van der Waals surface area contributed by atoms with Gasteiger partial charge in [0.1, 0.15) is 43.8 Å². The minimum atomic E-state index is -1.56. The molecule has 0 saturated carbocycles. The monoisotopic (exact) mass is 838 g/mol. The number of fused-ring (bicyclic) bond motifs is 2. The van der Waals surface area contributed by atoms with Crippen molar-refractivity contribution in [3.8, 4) is 29.5 Å². The number of nitriles is 4. The molecule has 1 aromatic heterocycles. The van der Waals surface area contributed by atoms with Crippen LogP contribution in [0.15, 0.2) is 67.7 Å². The van der Waals surface area contributed by atoms with E-state index in [9.17, 15) is 19.2 Å². The Morgan fingerprint density at radius 1 is 0.615 bits per heavy atom. The van der Waals surface area contributed by atoms with Crippen LogP contribution in [0.25, 0.3) is 21.5 Å². The van der Waals surface area contributed by atoms with Crippen molar-refractivity contribution in [1.29, 1.82) is 21.0 Å². The predicted molar refractivity (Wildman–Crippen MR) is 204 cm³/mol. The van der Waals surface area contributed by atoms with Gasteiger partial charge in [-0.2, -0.15) is 30.4 Å². The molecule has 0 saturated heterocycles. The van der Waals surface area contributed by atoms with E-state index >= 15 is 0 Å². The van der Waals surface area contributed by atoms with E-state index in [0.717, 1.165) is 56.9 Å². The molecule has 52 heavy (non-hydrogen) atoms. The molecule has 0 amide bonds. The van der Waals surface area contributed by atoms with Crippen LogP contribution >= 0.6 is 91.7 Å². The Bertz CT molecular complexity index is 2730. The summed E-state index contributed by atoms with van der Waals surface area (Å²) in [4.78, 5) is 54.1. The first kappa shape index (κ1) is 38.4. The summed E-state index contributed by atoms with van der Waals surface area (Å²) in [6.07, 6.45) is 0. The van der Waals surface area contributed by atoms with Crippen molar-refractivity contribution in [3.63, 3.8) is 0 Å². The van der Waals surface area contributed by atoms with Crippen LogP contribution in [0, 0.1) is 63.5 Å². The Morgan fingerprint density at radius 3 is 1.15 bits per heavy atom. The second-order valence-electron chi connectivity index (χ2n) is 9.71. The van der Waals surface area contributed by atoms with E-state index in [1.54, 1.807) is 48.5 Å². The smallest absolute Gasteiger partial charge is 0.293 e. The second-order valence-corrected chi connectivity index (χ2v) is 16.8. The molecule has 2 aliphatic heterocycles. The zero-order valence-electron chi connectivity index (χ0n) is 25.7. The van der Waals surface area contributed by atoms with Crippen molar-refractivity contribution in [3.05, 3.63) is 133 Å². The molecule has 0 spiro atoms. The highest BCUT2D eigenvalue weighted by molar-refractivity contribution is 7.18. The number of benzene rings is 2.